The van der Waals surface area contributed by atoms with Gasteiger partial charge in [0.15, 0.2) is 0 Å². The van der Waals surface area contributed by atoms with E-state index in [2.05, 4.69) is 20.5 Å². The van der Waals surface area contributed by atoms with Crippen LogP contribution in [0, 0.1) is 5.92 Å². The first-order valence-corrected chi connectivity index (χ1v) is 6.21. The molecule has 0 aromatic carbocycles. The number of amides is 1. The van der Waals surface area contributed by atoms with E-state index in [1.807, 2.05) is 33.0 Å². The number of anilines is 2. The summed E-state index contributed by atoms with van der Waals surface area (Å²) in [4.78, 5) is 17.8. The molecule has 2 N–H and O–H groups in total. The van der Waals surface area contributed by atoms with Crippen LogP contribution in [0.15, 0.2) is 18.3 Å². The van der Waals surface area contributed by atoms with Crippen LogP contribution < -0.4 is 15.5 Å². The van der Waals surface area contributed by atoms with Crippen LogP contribution in [0.3, 0.4) is 0 Å². The SMILES string of the molecule is CCNc1cc(N(C)CC(C)C(=O)NC)ccn1. The maximum absolute atomic E-state index is 11.5. The third kappa shape index (κ3) is 3.91. The molecule has 0 fully saturated rings. The number of carbonyl (C=O) groups is 1. The standard InChI is InChI=1S/C13H22N4O/c1-5-15-12-8-11(6-7-16-12)17(4)9-10(2)13(18)14-3/h6-8,10H,5,9H2,1-4H3,(H,14,18)(H,15,16). The molecule has 1 heterocycles. The summed E-state index contributed by atoms with van der Waals surface area (Å²) in [5.74, 6) is 0.869. The van der Waals surface area contributed by atoms with Crippen LogP contribution in [-0.2, 0) is 4.79 Å². The Morgan fingerprint density at radius 1 is 1.56 bits per heavy atom. The van der Waals surface area contributed by atoms with E-state index in [9.17, 15) is 4.79 Å². The molecule has 18 heavy (non-hydrogen) atoms. The Morgan fingerprint density at radius 3 is 2.89 bits per heavy atom. The molecule has 1 amide bonds. The smallest absolute Gasteiger partial charge is 0.224 e. The lowest BCUT2D eigenvalue weighted by Gasteiger charge is -2.23. The summed E-state index contributed by atoms with van der Waals surface area (Å²) in [6.45, 7) is 5.47. The molecule has 1 atom stereocenters. The molecular weight excluding hydrogens is 228 g/mol. The van der Waals surface area contributed by atoms with Crippen molar-refractivity contribution in [2.45, 2.75) is 13.8 Å². The second-order valence-corrected chi connectivity index (χ2v) is 4.33. The molecule has 1 aromatic heterocycles. The summed E-state index contributed by atoms with van der Waals surface area (Å²) in [5.41, 5.74) is 1.05. The molecule has 5 nitrogen and oxygen atoms in total. The number of rotatable bonds is 6. The predicted octanol–water partition coefficient (Wildman–Crippen LogP) is 1.33. The molecule has 0 radical (unpaired) electrons. The van der Waals surface area contributed by atoms with Crippen LogP contribution in [-0.4, -0.2) is 38.1 Å². The number of nitrogens with one attached hydrogen (secondary N) is 2. The lowest BCUT2D eigenvalue weighted by atomic mass is 10.1. The Kier molecular flexibility index (Phi) is 5.42. The fourth-order valence-corrected chi connectivity index (χ4v) is 1.78. The molecule has 0 aliphatic rings. The molecule has 0 spiro atoms. The van der Waals surface area contributed by atoms with Gasteiger partial charge in [0, 0.05) is 45.1 Å². The number of carbonyl (C=O) groups excluding carboxylic acids is 1. The first-order chi connectivity index (χ1) is 8.58. The summed E-state index contributed by atoms with van der Waals surface area (Å²) in [5, 5.41) is 5.84. The van der Waals surface area contributed by atoms with E-state index in [1.165, 1.54) is 0 Å². The Labute approximate surface area is 109 Å². The van der Waals surface area contributed by atoms with E-state index in [-0.39, 0.29) is 11.8 Å². The highest BCUT2D eigenvalue weighted by Crippen LogP contribution is 2.17. The summed E-state index contributed by atoms with van der Waals surface area (Å²) in [7, 11) is 3.64. The molecular formula is C13H22N4O. The highest BCUT2D eigenvalue weighted by Gasteiger charge is 2.14. The Balaban J connectivity index is 2.68. The predicted molar refractivity (Wildman–Crippen MR) is 74.9 cm³/mol. The first-order valence-electron chi connectivity index (χ1n) is 6.21. The fourth-order valence-electron chi connectivity index (χ4n) is 1.78. The molecule has 100 valence electrons. The summed E-state index contributed by atoms with van der Waals surface area (Å²) in [6, 6.07) is 3.93. The van der Waals surface area contributed by atoms with E-state index < -0.39 is 0 Å². The van der Waals surface area contributed by atoms with Gasteiger partial charge in [0.25, 0.3) is 0 Å². The monoisotopic (exact) mass is 250 g/mol. The van der Waals surface area contributed by atoms with Crippen molar-refractivity contribution in [3.63, 3.8) is 0 Å². The fraction of sp³-hybridized carbons (Fsp3) is 0.538. The number of pyridine rings is 1. The van der Waals surface area contributed by atoms with Gasteiger partial charge >= 0.3 is 0 Å². The van der Waals surface area contributed by atoms with Gasteiger partial charge in [0.05, 0.1) is 5.92 Å². The normalized spacial score (nSPS) is 11.8. The van der Waals surface area contributed by atoms with Gasteiger partial charge in [0.2, 0.25) is 5.91 Å². The number of hydrogen-bond donors (Lipinski definition) is 2. The maximum Gasteiger partial charge on any atom is 0.224 e. The van der Waals surface area contributed by atoms with Crippen LogP contribution in [0.5, 0.6) is 0 Å². The van der Waals surface area contributed by atoms with E-state index in [1.54, 1.807) is 13.2 Å². The highest BCUT2D eigenvalue weighted by atomic mass is 16.1. The van der Waals surface area contributed by atoms with Gasteiger partial charge in [-0.05, 0) is 13.0 Å². The maximum atomic E-state index is 11.5. The minimum Gasteiger partial charge on any atom is -0.374 e. The number of nitrogens with zero attached hydrogens (tertiary/aromatic N) is 2. The van der Waals surface area contributed by atoms with Crippen molar-refractivity contribution in [1.29, 1.82) is 0 Å². The minimum atomic E-state index is -0.0456. The van der Waals surface area contributed by atoms with Gasteiger partial charge in [-0.2, -0.15) is 0 Å². The third-order valence-corrected chi connectivity index (χ3v) is 2.78. The van der Waals surface area contributed by atoms with Gasteiger partial charge in [-0.1, -0.05) is 6.92 Å². The minimum absolute atomic E-state index is 0.0456. The van der Waals surface area contributed by atoms with Crippen molar-refractivity contribution in [3.05, 3.63) is 18.3 Å². The van der Waals surface area contributed by atoms with Crippen LogP contribution in [0.25, 0.3) is 0 Å². The van der Waals surface area contributed by atoms with Crippen LogP contribution in [0.4, 0.5) is 11.5 Å². The topological polar surface area (TPSA) is 57.3 Å². The molecule has 1 unspecified atom stereocenters. The molecule has 0 saturated carbocycles. The zero-order chi connectivity index (χ0) is 13.5. The molecule has 0 aliphatic carbocycles. The zero-order valence-corrected chi connectivity index (χ0v) is 11.5. The van der Waals surface area contributed by atoms with Crippen LogP contribution >= 0.6 is 0 Å². The van der Waals surface area contributed by atoms with E-state index >= 15 is 0 Å². The quantitative estimate of drug-likeness (QED) is 0.800. The van der Waals surface area contributed by atoms with Crippen LogP contribution in [0.1, 0.15) is 13.8 Å². The molecule has 1 rings (SSSR count). The van der Waals surface area contributed by atoms with Gasteiger partial charge in [0.1, 0.15) is 5.82 Å². The third-order valence-electron chi connectivity index (χ3n) is 2.78. The van der Waals surface area contributed by atoms with Gasteiger partial charge in [-0.3, -0.25) is 4.79 Å². The number of hydrogen-bond acceptors (Lipinski definition) is 4. The summed E-state index contributed by atoms with van der Waals surface area (Å²) >= 11 is 0. The van der Waals surface area contributed by atoms with Gasteiger partial charge in [-0.15, -0.1) is 0 Å². The van der Waals surface area contributed by atoms with E-state index in [0.717, 1.165) is 18.1 Å². The Hall–Kier alpha value is -1.78. The number of aromatic nitrogens is 1. The Bertz CT molecular complexity index is 394. The molecule has 5 heteroatoms. The van der Waals surface area contributed by atoms with E-state index in [4.69, 9.17) is 0 Å². The molecule has 1 aromatic rings. The van der Waals surface area contributed by atoms with Crippen molar-refractivity contribution in [2.75, 3.05) is 37.4 Å². The largest absolute Gasteiger partial charge is 0.374 e. The first kappa shape index (κ1) is 14.3. The molecule has 0 bridgehead atoms. The second-order valence-electron chi connectivity index (χ2n) is 4.33. The van der Waals surface area contributed by atoms with Crippen molar-refractivity contribution < 1.29 is 4.79 Å². The molecule has 0 aliphatic heterocycles. The lowest BCUT2D eigenvalue weighted by molar-refractivity contribution is -0.123. The average molecular weight is 250 g/mol. The molecule has 0 saturated heterocycles. The van der Waals surface area contributed by atoms with Gasteiger partial charge in [-0.25, -0.2) is 4.98 Å². The zero-order valence-electron chi connectivity index (χ0n) is 11.5. The van der Waals surface area contributed by atoms with Crippen LogP contribution in [0.2, 0.25) is 0 Å². The highest BCUT2D eigenvalue weighted by molar-refractivity contribution is 5.78. The average Bonchev–Trinajstić information content (AvgIpc) is 2.38. The summed E-state index contributed by atoms with van der Waals surface area (Å²) in [6.07, 6.45) is 1.77. The second kappa shape index (κ2) is 6.83. The van der Waals surface area contributed by atoms with Crippen molar-refractivity contribution >= 4 is 17.4 Å². The van der Waals surface area contributed by atoms with Crippen molar-refractivity contribution in [1.82, 2.24) is 10.3 Å². The van der Waals surface area contributed by atoms with Crippen molar-refractivity contribution in [2.24, 2.45) is 5.92 Å². The summed E-state index contributed by atoms with van der Waals surface area (Å²) < 4.78 is 0. The Morgan fingerprint density at radius 2 is 2.28 bits per heavy atom. The van der Waals surface area contributed by atoms with Gasteiger partial charge < -0.3 is 15.5 Å². The van der Waals surface area contributed by atoms with Crippen molar-refractivity contribution in [3.8, 4) is 0 Å². The lowest BCUT2D eigenvalue weighted by Crippen LogP contribution is -2.34. The van der Waals surface area contributed by atoms with E-state index in [0.29, 0.717) is 6.54 Å².